The number of halogens is 1. The van der Waals surface area contributed by atoms with E-state index in [0.29, 0.717) is 28.9 Å². The summed E-state index contributed by atoms with van der Waals surface area (Å²) in [7, 11) is 0. The van der Waals surface area contributed by atoms with Crippen LogP contribution in [0.2, 0.25) is 0 Å². The van der Waals surface area contributed by atoms with Crippen LogP contribution >= 0.6 is 0 Å². The van der Waals surface area contributed by atoms with Crippen LogP contribution in [0.15, 0.2) is 42.7 Å². The Morgan fingerprint density at radius 1 is 1.29 bits per heavy atom. The third-order valence-electron chi connectivity index (χ3n) is 4.00. The zero-order chi connectivity index (χ0) is 16.7. The molecule has 0 unspecified atom stereocenters. The molecule has 2 N–H and O–H groups in total. The monoisotopic (exact) mass is 327 g/mol. The molecular weight excluding hydrogens is 313 g/mol. The van der Waals surface area contributed by atoms with Crippen LogP contribution in [0.5, 0.6) is 0 Å². The molecule has 8 heteroatoms. The Morgan fingerprint density at radius 2 is 2.17 bits per heavy atom. The van der Waals surface area contributed by atoms with E-state index in [2.05, 4.69) is 10.2 Å². The van der Waals surface area contributed by atoms with Gasteiger partial charge in [0.25, 0.3) is 0 Å². The fraction of sp³-hybridized carbons (Fsp3) is 0.188. The molecule has 1 aliphatic heterocycles. The van der Waals surface area contributed by atoms with Gasteiger partial charge in [-0.1, -0.05) is 0 Å². The Morgan fingerprint density at radius 3 is 2.92 bits per heavy atom. The number of nitrogens with zero attached hydrogens (tertiary/aromatic N) is 4. The zero-order valence-corrected chi connectivity index (χ0v) is 12.6. The van der Waals surface area contributed by atoms with Crippen LogP contribution in [0.4, 0.5) is 14.9 Å². The van der Waals surface area contributed by atoms with Crippen molar-refractivity contribution in [2.75, 3.05) is 18.0 Å². The van der Waals surface area contributed by atoms with Gasteiger partial charge >= 0.3 is 6.09 Å². The highest BCUT2D eigenvalue weighted by Crippen LogP contribution is 2.30. The number of hydrogen-bond acceptors (Lipinski definition) is 5. The summed E-state index contributed by atoms with van der Waals surface area (Å²) in [5.74, 6) is -0.449. The van der Waals surface area contributed by atoms with Gasteiger partial charge in [-0.3, -0.25) is 4.90 Å². The minimum atomic E-state index is -0.516. The van der Waals surface area contributed by atoms with Crippen LogP contribution in [0, 0.1) is 5.82 Å². The number of amides is 1. The number of aromatic nitrogens is 3. The van der Waals surface area contributed by atoms with Crippen LogP contribution in [0.3, 0.4) is 0 Å². The Hall–Kier alpha value is -3.00. The summed E-state index contributed by atoms with van der Waals surface area (Å²) in [5.41, 5.74) is 7.68. The van der Waals surface area contributed by atoms with E-state index in [1.165, 1.54) is 15.6 Å². The summed E-state index contributed by atoms with van der Waals surface area (Å²) in [6, 6.07) is 8.19. The van der Waals surface area contributed by atoms with Crippen LogP contribution in [0.1, 0.15) is 0 Å². The molecule has 1 aliphatic rings. The Balaban J connectivity index is 1.71. The second-order valence-electron chi connectivity index (χ2n) is 5.47. The standard InChI is InChI=1S/C16H14FN5O2/c17-14-6-10(21-9-11(7-18)24-16(21)23)3-4-12(14)13-8-20-22-15(13)2-1-5-19-22/h1-6,8,11H,7,9,18H2/t11-/m0/s1. The van der Waals surface area contributed by atoms with E-state index in [1.54, 1.807) is 30.6 Å². The van der Waals surface area contributed by atoms with E-state index in [0.717, 1.165) is 0 Å². The molecule has 1 amide bonds. The van der Waals surface area contributed by atoms with E-state index in [1.807, 2.05) is 6.07 Å². The van der Waals surface area contributed by atoms with Gasteiger partial charge in [0.2, 0.25) is 0 Å². The number of fused-ring (bicyclic) bond motifs is 1. The van der Waals surface area contributed by atoms with Gasteiger partial charge in [-0.25, -0.2) is 9.18 Å². The maximum Gasteiger partial charge on any atom is 0.414 e. The lowest BCUT2D eigenvalue weighted by Gasteiger charge is -2.14. The van der Waals surface area contributed by atoms with Gasteiger partial charge in [-0.2, -0.15) is 14.8 Å². The molecule has 0 saturated carbocycles. The average molecular weight is 327 g/mol. The van der Waals surface area contributed by atoms with Gasteiger partial charge in [-0.05, 0) is 30.3 Å². The van der Waals surface area contributed by atoms with Crippen molar-refractivity contribution < 1.29 is 13.9 Å². The molecule has 2 aromatic heterocycles. The molecule has 0 aliphatic carbocycles. The topological polar surface area (TPSA) is 85.8 Å². The van der Waals surface area contributed by atoms with Crippen molar-refractivity contribution in [1.82, 2.24) is 14.8 Å². The van der Waals surface area contributed by atoms with Crippen molar-refractivity contribution in [2.45, 2.75) is 6.10 Å². The SMILES string of the molecule is NC[C@H]1CN(c2ccc(-c3cnn4ncccc34)c(F)c2)C(=O)O1. The molecule has 24 heavy (non-hydrogen) atoms. The number of benzene rings is 1. The summed E-state index contributed by atoms with van der Waals surface area (Å²) in [5, 5.41) is 8.18. The largest absolute Gasteiger partial charge is 0.443 e. The smallest absolute Gasteiger partial charge is 0.414 e. The van der Waals surface area contributed by atoms with Gasteiger partial charge < -0.3 is 10.5 Å². The van der Waals surface area contributed by atoms with Crippen LogP contribution in [-0.2, 0) is 4.74 Å². The zero-order valence-electron chi connectivity index (χ0n) is 12.6. The highest BCUT2D eigenvalue weighted by atomic mass is 19.1. The van der Waals surface area contributed by atoms with Crippen molar-refractivity contribution >= 4 is 17.3 Å². The number of rotatable bonds is 3. The average Bonchev–Trinajstić information content (AvgIpc) is 3.18. The molecule has 1 atom stereocenters. The summed E-state index contributed by atoms with van der Waals surface area (Å²) < 4.78 is 21.2. The lowest BCUT2D eigenvalue weighted by atomic mass is 10.1. The molecular formula is C16H14FN5O2. The van der Waals surface area contributed by atoms with Crippen LogP contribution in [0.25, 0.3) is 16.6 Å². The van der Waals surface area contributed by atoms with Gasteiger partial charge in [0.05, 0.1) is 23.9 Å². The normalized spacial score (nSPS) is 17.5. The predicted molar refractivity (Wildman–Crippen MR) is 85.1 cm³/mol. The molecule has 3 aromatic rings. The van der Waals surface area contributed by atoms with Crippen molar-refractivity contribution in [2.24, 2.45) is 5.73 Å². The van der Waals surface area contributed by atoms with Gasteiger partial charge in [0.1, 0.15) is 11.9 Å². The van der Waals surface area contributed by atoms with Crippen LogP contribution in [-0.4, -0.2) is 40.1 Å². The van der Waals surface area contributed by atoms with Gasteiger partial charge in [0.15, 0.2) is 0 Å². The van der Waals surface area contributed by atoms with E-state index < -0.39 is 11.9 Å². The summed E-state index contributed by atoms with van der Waals surface area (Å²) in [6.07, 6.45) is 2.29. The fourth-order valence-electron chi connectivity index (χ4n) is 2.79. The van der Waals surface area contributed by atoms with Crippen LogP contribution < -0.4 is 10.6 Å². The van der Waals surface area contributed by atoms with E-state index >= 15 is 0 Å². The first-order valence-electron chi connectivity index (χ1n) is 7.44. The van der Waals surface area contributed by atoms with Crippen molar-refractivity contribution in [3.8, 4) is 11.1 Å². The second-order valence-corrected chi connectivity index (χ2v) is 5.47. The summed E-state index contributed by atoms with van der Waals surface area (Å²) >= 11 is 0. The van der Waals surface area contributed by atoms with E-state index in [4.69, 9.17) is 10.5 Å². The quantitative estimate of drug-likeness (QED) is 0.793. The third kappa shape index (κ3) is 2.28. The minimum absolute atomic E-state index is 0.234. The second kappa shape index (κ2) is 5.57. The molecule has 0 spiro atoms. The molecule has 7 nitrogen and oxygen atoms in total. The lowest BCUT2D eigenvalue weighted by molar-refractivity contribution is 0.145. The van der Waals surface area contributed by atoms with Gasteiger partial charge in [-0.15, -0.1) is 0 Å². The number of ether oxygens (including phenoxy) is 1. The van der Waals surface area contributed by atoms with E-state index in [9.17, 15) is 9.18 Å². The molecule has 1 aromatic carbocycles. The van der Waals surface area contributed by atoms with Gasteiger partial charge in [0, 0.05) is 23.9 Å². The Kier molecular flexibility index (Phi) is 3.39. The number of hydrogen-bond donors (Lipinski definition) is 1. The Bertz CT molecular complexity index is 926. The molecule has 3 heterocycles. The maximum absolute atomic E-state index is 14.6. The number of cyclic esters (lactones) is 1. The lowest BCUT2D eigenvalue weighted by Crippen LogP contribution is -2.27. The third-order valence-corrected chi connectivity index (χ3v) is 4.00. The maximum atomic E-state index is 14.6. The van der Waals surface area contributed by atoms with E-state index in [-0.39, 0.29) is 12.6 Å². The molecule has 0 radical (unpaired) electrons. The first-order valence-corrected chi connectivity index (χ1v) is 7.44. The Labute approximate surface area is 136 Å². The highest BCUT2D eigenvalue weighted by molar-refractivity contribution is 5.90. The first-order chi connectivity index (χ1) is 11.7. The molecule has 1 saturated heterocycles. The van der Waals surface area contributed by atoms with Crippen molar-refractivity contribution in [3.63, 3.8) is 0 Å². The fourth-order valence-corrected chi connectivity index (χ4v) is 2.79. The molecule has 122 valence electrons. The number of carbonyl (C=O) groups is 1. The van der Waals surface area contributed by atoms with Crippen molar-refractivity contribution in [1.29, 1.82) is 0 Å². The molecule has 1 fully saturated rings. The number of carbonyl (C=O) groups excluding carboxylic acids is 1. The molecule has 4 rings (SSSR count). The molecule has 0 bridgehead atoms. The minimum Gasteiger partial charge on any atom is -0.443 e. The predicted octanol–water partition coefficient (Wildman–Crippen LogP) is 1.82. The first kappa shape index (κ1) is 14.6. The highest BCUT2D eigenvalue weighted by Gasteiger charge is 2.31. The summed E-state index contributed by atoms with van der Waals surface area (Å²) in [4.78, 5) is 13.2. The number of nitrogens with two attached hydrogens (primary N) is 1. The number of anilines is 1. The van der Waals surface area contributed by atoms with Crippen molar-refractivity contribution in [3.05, 3.63) is 48.5 Å². The summed E-state index contributed by atoms with van der Waals surface area (Å²) in [6.45, 7) is 0.549.